The van der Waals surface area contributed by atoms with E-state index in [1.54, 1.807) is 18.2 Å². The lowest BCUT2D eigenvalue weighted by molar-refractivity contribution is -0.385. The van der Waals surface area contributed by atoms with Gasteiger partial charge in [-0.1, -0.05) is 12.1 Å². The van der Waals surface area contributed by atoms with Crippen LogP contribution in [0, 0.1) is 13.7 Å². The van der Waals surface area contributed by atoms with E-state index in [0.717, 1.165) is 14.5 Å². The highest BCUT2D eigenvalue weighted by Gasteiger charge is 2.44. The summed E-state index contributed by atoms with van der Waals surface area (Å²) in [7, 11) is 0. The Labute approximate surface area is 161 Å². The number of benzene rings is 2. The third-order valence-electron chi connectivity index (χ3n) is 3.98. The second-order valence-corrected chi connectivity index (χ2v) is 6.86. The van der Waals surface area contributed by atoms with Gasteiger partial charge in [0.1, 0.15) is 11.6 Å². The summed E-state index contributed by atoms with van der Waals surface area (Å²) in [6, 6.07) is 9.73. The van der Waals surface area contributed by atoms with Crippen LogP contribution in [0.4, 0.5) is 11.4 Å². The van der Waals surface area contributed by atoms with Crippen molar-refractivity contribution in [3.05, 3.63) is 67.3 Å². The van der Waals surface area contributed by atoms with Crippen LogP contribution in [0.1, 0.15) is 27.6 Å². The van der Waals surface area contributed by atoms with E-state index in [2.05, 4.69) is 27.9 Å². The van der Waals surface area contributed by atoms with Crippen molar-refractivity contribution in [2.45, 2.75) is 13.0 Å². The largest absolute Gasteiger partial charge is 0.324 e. The van der Waals surface area contributed by atoms with Gasteiger partial charge >= 0.3 is 0 Å². The molecule has 9 heteroatoms. The van der Waals surface area contributed by atoms with Crippen LogP contribution >= 0.6 is 22.6 Å². The molecular weight excluding hydrogens is 453 g/mol. The van der Waals surface area contributed by atoms with Crippen LogP contribution in [0.5, 0.6) is 0 Å². The van der Waals surface area contributed by atoms with E-state index in [0.29, 0.717) is 5.69 Å². The number of halogens is 1. The zero-order valence-corrected chi connectivity index (χ0v) is 15.6. The number of anilines is 1. The Kier molecular flexibility index (Phi) is 4.72. The van der Waals surface area contributed by atoms with Gasteiger partial charge in [-0.2, -0.15) is 0 Å². The highest BCUT2D eigenvalue weighted by molar-refractivity contribution is 14.1. The molecule has 3 rings (SSSR count). The maximum atomic E-state index is 12.6. The molecule has 0 aliphatic carbocycles. The maximum absolute atomic E-state index is 12.6. The number of fused-ring (bicyclic) bond motifs is 1. The molecule has 0 bridgehead atoms. The molecule has 1 aliphatic heterocycles. The van der Waals surface area contributed by atoms with Gasteiger partial charge < -0.3 is 5.32 Å². The molecule has 1 aliphatic rings. The standard InChI is InChI=1S/C17H12IN3O5/c1-9(15(22)19-11-5-2-4-10(18)8-11)20-16(23)12-6-3-7-13(21(25)26)14(12)17(20)24/h2-9H,1H3,(H,19,22). The van der Waals surface area contributed by atoms with E-state index in [1.807, 2.05) is 6.07 Å². The Bertz CT molecular complexity index is 959. The van der Waals surface area contributed by atoms with E-state index >= 15 is 0 Å². The molecule has 26 heavy (non-hydrogen) atoms. The summed E-state index contributed by atoms with van der Waals surface area (Å²) in [5.41, 5.74) is -0.278. The number of amides is 3. The molecule has 0 spiro atoms. The molecular formula is C17H12IN3O5. The van der Waals surface area contributed by atoms with E-state index < -0.39 is 34.4 Å². The van der Waals surface area contributed by atoms with Gasteiger partial charge in [-0.3, -0.25) is 29.4 Å². The number of imide groups is 1. The summed E-state index contributed by atoms with van der Waals surface area (Å²) < 4.78 is 0.907. The Balaban J connectivity index is 1.89. The Morgan fingerprint density at radius 3 is 2.54 bits per heavy atom. The fraction of sp³-hybridized carbons (Fsp3) is 0.118. The highest BCUT2D eigenvalue weighted by Crippen LogP contribution is 2.32. The fourth-order valence-electron chi connectivity index (χ4n) is 2.72. The SMILES string of the molecule is CC(C(=O)Nc1cccc(I)c1)N1C(=O)c2cccc([N+](=O)[O-])c2C1=O. The Hall–Kier alpha value is -2.82. The molecule has 8 nitrogen and oxygen atoms in total. The molecule has 2 aromatic rings. The van der Waals surface area contributed by atoms with Crippen molar-refractivity contribution < 1.29 is 19.3 Å². The fourth-order valence-corrected chi connectivity index (χ4v) is 3.26. The van der Waals surface area contributed by atoms with E-state index in [9.17, 15) is 24.5 Å². The summed E-state index contributed by atoms with van der Waals surface area (Å²) in [6.07, 6.45) is 0. The first-order valence-electron chi connectivity index (χ1n) is 7.53. The van der Waals surface area contributed by atoms with E-state index in [4.69, 9.17) is 0 Å². The maximum Gasteiger partial charge on any atom is 0.282 e. The second-order valence-electron chi connectivity index (χ2n) is 5.61. The molecule has 1 N–H and O–H groups in total. The Morgan fingerprint density at radius 2 is 1.88 bits per heavy atom. The molecule has 0 fully saturated rings. The lowest BCUT2D eigenvalue weighted by atomic mass is 10.1. The molecule has 132 valence electrons. The third kappa shape index (κ3) is 3.05. The van der Waals surface area contributed by atoms with Crippen molar-refractivity contribution in [2.75, 3.05) is 5.32 Å². The number of hydrogen-bond acceptors (Lipinski definition) is 5. The van der Waals surface area contributed by atoms with Gasteiger partial charge in [0, 0.05) is 15.3 Å². The molecule has 1 unspecified atom stereocenters. The molecule has 1 heterocycles. The summed E-state index contributed by atoms with van der Waals surface area (Å²) in [5.74, 6) is -2.13. The second kappa shape index (κ2) is 6.83. The van der Waals surface area contributed by atoms with Crippen LogP contribution in [0.3, 0.4) is 0 Å². The Morgan fingerprint density at radius 1 is 1.19 bits per heavy atom. The average molecular weight is 465 g/mol. The topological polar surface area (TPSA) is 110 Å². The first-order valence-corrected chi connectivity index (χ1v) is 8.61. The number of nitrogens with one attached hydrogen (secondary N) is 1. The van der Waals surface area contributed by atoms with Gasteiger partial charge in [0.25, 0.3) is 17.5 Å². The van der Waals surface area contributed by atoms with Crippen LogP contribution < -0.4 is 5.32 Å². The highest BCUT2D eigenvalue weighted by atomic mass is 127. The van der Waals surface area contributed by atoms with Crippen molar-refractivity contribution in [1.29, 1.82) is 0 Å². The zero-order valence-electron chi connectivity index (χ0n) is 13.4. The molecule has 2 aromatic carbocycles. The predicted octanol–water partition coefficient (Wildman–Crippen LogP) is 2.82. The quantitative estimate of drug-likeness (QED) is 0.323. The van der Waals surface area contributed by atoms with Gasteiger partial charge in [0.2, 0.25) is 5.91 Å². The normalized spacial score (nSPS) is 14.2. The molecule has 3 amide bonds. The summed E-state index contributed by atoms with van der Waals surface area (Å²) in [5, 5.41) is 13.8. The van der Waals surface area contributed by atoms with Gasteiger partial charge in [0.15, 0.2) is 0 Å². The molecule has 0 saturated carbocycles. The minimum absolute atomic E-state index is 0.0712. The number of nitro benzene ring substituents is 1. The zero-order chi connectivity index (χ0) is 19.0. The van der Waals surface area contributed by atoms with Crippen LogP contribution in [-0.4, -0.2) is 33.6 Å². The lowest BCUT2D eigenvalue weighted by Gasteiger charge is -2.21. The van der Waals surface area contributed by atoms with Gasteiger partial charge in [-0.25, -0.2) is 0 Å². The van der Waals surface area contributed by atoms with Crippen LogP contribution in [0.25, 0.3) is 0 Å². The van der Waals surface area contributed by atoms with Crippen LogP contribution in [-0.2, 0) is 4.79 Å². The minimum atomic E-state index is -1.13. The smallest absolute Gasteiger partial charge is 0.282 e. The van der Waals surface area contributed by atoms with Gasteiger partial charge in [-0.05, 0) is 53.8 Å². The van der Waals surface area contributed by atoms with Crippen molar-refractivity contribution in [3.63, 3.8) is 0 Å². The number of carbonyl (C=O) groups excluding carboxylic acids is 3. The van der Waals surface area contributed by atoms with Crippen LogP contribution in [0.2, 0.25) is 0 Å². The molecule has 0 aromatic heterocycles. The number of hydrogen-bond donors (Lipinski definition) is 1. The summed E-state index contributed by atoms with van der Waals surface area (Å²) in [6.45, 7) is 1.40. The molecule has 0 radical (unpaired) electrons. The number of carbonyl (C=O) groups is 3. The van der Waals surface area contributed by atoms with E-state index in [-0.39, 0.29) is 11.1 Å². The van der Waals surface area contributed by atoms with Crippen molar-refractivity contribution in [3.8, 4) is 0 Å². The summed E-state index contributed by atoms with van der Waals surface area (Å²) in [4.78, 5) is 48.8. The lowest BCUT2D eigenvalue weighted by Crippen LogP contribution is -2.45. The number of nitrogens with zero attached hydrogens (tertiary/aromatic N) is 2. The summed E-state index contributed by atoms with van der Waals surface area (Å²) >= 11 is 2.09. The van der Waals surface area contributed by atoms with E-state index in [1.165, 1.54) is 19.1 Å². The van der Waals surface area contributed by atoms with Crippen LogP contribution in [0.15, 0.2) is 42.5 Å². The van der Waals surface area contributed by atoms with Crippen molar-refractivity contribution >= 4 is 51.7 Å². The van der Waals surface area contributed by atoms with Gasteiger partial charge in [-0.15, -0.1) is 0 Å². The first-order chi connectivity index (χ1) is 12.3. The monoisotopic (exact) mass is 465 g/mol. The average Bonchev–Trinajstić information content (AvgIpc) is 2.85. The van der Waals surface area contributed by atoms with Crippen molar-refractivity contribution in [1.82, 2.24) is 4.90 Å². The number of nitro groups is 1. The third-order valence-corrected chi connectivity index (χ3v) is 4.65. The van der Waals surface area contributed by atoms with Gasteiger partial charge in [0.05, 0.1) is 10.5 Å². The first kappa shape index (κ1) is 18.0. The molecule has 1 atom stereocenters. The predicted molar refractivity (Wildman–Crippen MR) is 101 cm³/mol. The molecule has 0 saturated heterocycles. The number of rotatable bonds is 4. The minimum Gasteiger partial charge on any atom is -0.324 e. The van der Waals surface area contributed by atoms with Crippen molar-refractivity contribution in [2.24, 2.45) is 0 Å².